The number of halogens is 1. The van der Waals surface area contributed by atoms with E-state index < -0.39 is 0 Å². The van der Waals surface area contributed by atoms with Crippen molar-refractivity contribution in [3.05, 3.63) is 35.1 Å². The molecule has 0 bridgehead atoms. The third kappa shape index (κ3) is 2.89. The predicted octanol–water partition coefficient (Wildman–Crippen LogP) is 1.73. The van der Waals surface area contributed by atoms with Crippen LogP contribution in [-0.4, -0.2) is 34.9 Å². The average molecular weight is 279 g/mol. The molecule has 1 amide bonds. The molecule has 1 unspecified atom stereocenters. The number of nitrogens with zero attached hydrogens (tertiary/aromatic N) is 2. The van der Waals surface area contributed by atoms with Gasteiger partial charge in [0.1, 0.15) is 11.7 Å². The van der Waals surface area contributed by atoms with E-state index in [0.29, 0.717) is 24.2 Å². The summed E-state index contributed by atoms with van der Waals surface area (Å²) < 4.78 is 13.5. The Labute approximate surface area is 116 Å². The molecule has 1 heterocycles. The highest BCUT2D eigenvalue weighted by molar-refractivity contribution is 5.95. The maximum atomic E-state index is 13.5. The number of aryl methyl sites for hydroxylation is 1. The first-order chi connectivity index (χ1) is 9.52. The lowest BCUT2D eigenvalue weighted by molar-refractivity contribution is 0.0701. The van der Waals surface area contributed by atoms with Crippen LogP contribution in [0.25, 0.3) is 0 Å². The van der Waals surface area contributed by atoms with E-state index in [0.717, 1.165) is 12.8 Å². The Morgan fingerprint density at radius 2 is 2.30 bits per heavy atom. The van der Waals surface area contributed by atoms with Gasteiger partial charge in [0.05, 0.1) is 0 Å². The third-order valence-corrected chi connectivity index (χ3v) is 3.66. The molecule has 6 heteroatoms. The molecule has 1 aliphatic heterocycles. The average Bonchev–Trinajstić information content (AvgIpc) is 2.48. The molecule has 1 atom stereocenters. The minimum atomic E-state index is -0.388. The van der Waals surface area contributed by atoms with Gasteiger partial charge in [-0.05, 0) is 37.5 Å². The number of carbonyl (C=O) groups excluding carboxylic acids is 1. The molecule has 1 fully saturated rings. The van der Waals surface area contributed by atoms with Crippen LogP contribution in [0.15, 0.2) is 23.4 Å². The zero-order valence-corrected chi connectivity index (χ0v) is 11.3. The molecular weight excluding hydrogens is 261 g/mol. The lowest BCUT2D eigenvalue weighted by Gasteiger charge is -2.32. The number of carbonyl (C=O) groups is 1. The Bertz CT molecular complexity index is 545. The SMILES string of the molecule is Cc1ccc(C(=O)N2CCCC(C(N)=NO)C2)cc1F. The minimum absolute atomic E-state index is 0.137. The lowest BCUT2D eigenvalue weighted by Crippen LogP contribution is -2.44. The minimum Gasteiger partial charge on any atom is -0.409 e. The molecule has 0 saturated carbocycles. The maximum absolute atomic E-state index is 13.5. The van der Waals surface area contributed by atoms with E-state index in [1.54, 1.807) is 24.0 Å². The second-order valence-electron chi connectivity index (χ2n) is 5.08. The summed E-state index contributed by atoms with van der Waals surface area (Å²) in [6, 6.07) is 4.46. The van der Waals surface area contributed by atoms with Gasteiger partial charge in [0.2, 0.25) is 0 Å². The van der Waals surface area contributed by atoms with Crippen LogP contribution in [0.5, 0.6) is 0 Å². The molecular formula is C14H18FN3O2. The normalized spacial score (nSPS) is 20.0. The molecule has 0 aromatic heterocycles. The second kappa shape index (κ2) is 5.90. The Morgan fingerprint density at radius 3 is 2.95 bits per heavy atom. The summed E-state index contributed by atoms with van der Waals surface area (Å²) in [5.74, 6) is -0.620. The Kier molecular flexibility index (Phi) is 4.22. The molecule has 0 radical (unpaired) electrons. The van der Waals surface area contributed by atoms with Crippen molar-refractivity contribution in [2.45, 2.75) is 19.8 Å². The molecule has 20 heavy (non-hydrogen) atoms. The van der Waals surface area contributed by atoms with Crippen molar-refractivity contribution >= 4 is 11.7 Å². The summed E-state index contributed by atoms with van der Waals surface area (Å²) >= 11 is 0. The topological polar surface area (TPSA) is 78.9 Å². The maximum Gasteiger partial charge on any atom is 0.253 e. The van der Waals surface area contributed by atoms with Crippen LogP contribution >= 0.6 is 0 Å². The number of nitrogens with two attached hydrogens (primary N) is 1. The number of benzene rings is 1. The highest BCUT2D eigenvalue weighted by Crippen LogP contribution is 2.19. The number of rotatable bonds is 2. The van der Waals surface area contributed by atoms with Gasteiger partial charge < -0.3 is 15.8 Å². The van der Waals surface area contributed by atoms with E-state index in [4.69, 9.17) is 10.9 Å². The summed E-state index contributed by atoms with van der Waals surface area (Å²) in [7, 11) is 0. The number of likely N-dealkylation sites (tertiary alicyclic amines) is 1. The second-order valence-corrected chi connectivity index (χ2v) is 5.08. The van der Waals surface area contributed by atoms with Crippen LogP contribution in [0.4, 0.5) is 4.39 Å². The largest absolute Gasteiger partial charge is 0.409 e. The highest BCUT2D eigenvalue weighted by Gasteiger charge is 2.27. The number of oxime groups is 1. The molecule has 1 aromatic rings. The summed E-state index contributed by atoms with van der Waals surface area (Å²) in [4.78, 5) is 14.0. The van der Waals surface area contributed by atoms with Gasteiger partial charge in [-0.2, -0.15) is 0 Å². The van der Waals surface area contributed by atoms with Gasteiger partial charge in [-0.25, -0.2) is 4.39 Å². The van der Waals surface area contributed by atoms with E-state index in [1.807, 2.05) is 0 Å². The summed E-state index contributed by atoms with van der Waals surface area (Å²) in [6.07, 6.45) is 1.56. The molecule has 0 aliphatic carbocycles. The number of hydrogen-bond donors (Lipinski definition) is 2. The van der Waals surface area contributed by atoms with Crippen LogP contribution in [-0.2, 0) is 0 Å². The van der Waals surface area contributed by atoms with Gasteiger partial charge in [-0.1, -0.05) is 11.2 Å². The summed E-state index contributed by atoms with van der Waals surface area (Å²) in [6.45, 7) is 2.65. The zero-order valence-electron chi connectivity index (χ0n) is 11.3. The van der Waals surface area contributed by atoms with Crippen molar-refractivity contribution < 1.29 is 14.4 Å². The molecule has 1 aromatic carbocycles. The van der Waals surface area contributed by atoms with Crippen LogP contribution in [0.2, 0.25) is 0 Å². The van der Waals surface area contributed by atoms with Crippen LogP contribution in [0, 0.1) is 18.7 Å². The first-order valence-electron chi connectivity index (χ1n) is 6.55. The van der Waals surface area contributed by atoms with Crippen molar-refractivity contribution in [2.24, 2.45) is 16.8 Å². The van der Waals surface area contributed by atoms with Gasteiger partial charge in [-0.15, -0.1) is 0 Å². The molecule has 108 valence electrons. The van der Waals surface area contributed by atoms with Crippen molar-refractivity contribution in [2.75, 3.05) is 13.1 Å². The Hall–Kier alpha value is -2.11. The van der Waals surface area contributed by atoms with Gasteiger partial charge in [0.25, 0.3) is 5.91 Å². The molecule has 5 nitrogen and oxygen atoms in total. The van der Waals surface area contributed by atoms with Gasteiger partial charge in [-0.3, -0.25) is 4.79 Å². The van der Waals surface area contributed by atoms with Gasteiger partial charge in [0, 0.05) is 24.6 Å². The lowest BCUT2D eigenvalue weighted by atomic mass is 9.96. The Balaban J connectivity index is 2.14. The van der Waals surface area contributed by atoms with Crippen LogP contribution in [0.1, 0.15) is 28.8 Å². The molecule has 1 saturated heterocycles. The van der Waals surface area contributed by atoms with E-state index in [2.05, 4.69) is 5.16 Å². The zero-order chi connectivity index (χ0) is 14.7. The monoisotopic (exact) mass is 279 g/mol. The van der Waals surface area contributed by atoms with Crippen molar-refractivity contribution in [1.29, 1.82) is 0 Å². The van der Waals surface area contributed by atoms with Crippen molar-refractivity contribution in [3.63, 3.8) is 0 Å². The van der Waals surface area contributed by atoms with E-state index in [1.165, 1.54) is 6.07 Å². The number of amidine groups is 1. The summed E-state index contributed by atoms with van der Waals surface area (Å²) in [5.41, 5.74) is 6.43. The number of hydrogen-bond acceptors (Lipinski definition) is 3. The fourth-order valence-electron chi connectivity index (χ4n) is 2.39. The van der Waals surface area contributed by atoms with Crippen LogP contribution < -0.4 is 5.73 Å². The Morgan fingerprint density at radius 1 is 1.55 bits per heavy atom. The van der Waals surface area contributed by atoms with Gasteiger partial charge >= 0.3 is 0 Å². The van der Waals surface area contributed by atoms with Crippen molar-refractivity contribution in [3.8, 4) is 0 Å². The molecule has 0 spiro atoms. The highest BCUT2D eigenvalue weighted by atomic mass is 19.1. The van der Waals surface area contributed by atoms with Crippen LogP contribution in [0.3, 0.4) is 0 Å². The third-order valence-electron chi connectivity index (χ3n) is 3.66. The fraction of sp³-hybridized carbons (Fsp3) is 0.429. The van der Waals surface area contributed by atoms with E-state index in [-0.39, 0.29) is 23.5 Å². The smallest absolute Gasteiger partial charge is 0.253 e. The number of piperidine rings is 1. The molecule has 3 N–H and O–H groups in total. The first kappa shape index (κ1) is 14.3. The summed E-state index contributed by atoms with van der Waals surface area (Å²) in [5, 5.41) is 11.7. The fourth-order valence-corrected chi connectivity index (χ4v) is 2.39. The van der Waals surface area contributed by atoms with Crippen molar-refractivity contribution in [1.82, 2.24) is 4.90 Å². The predicted molar refractivity (Wildman–Crippen MR) is 73.2 cm³/mol. The first-order valence-corrected chi connectivity index (χ1v) is 6.55. The van der Waals surface area contributed by atoms with E-state index in [9.17, 15) is 9.18 Å². The van der Waals surface area contributed by atoms with E-state index >= 15 is 0 Å². The molecule has 1 aliphatic rings. The quantitative estimate of drug-likeness (QED) is 0.374. The number of amides is 1. The van der Waals surface area contributed by atoms with Gasteiger partial charge in [0.15, 0.2) is 0 Å². The molecule has 2 rings (SSSR count). The standard InChI is InChI=1S/C14H18FN3O2/c1-9-4-5-10(7-12(9)15)14(19)18-6-2-3-11(8-18)13(16)17-20/h4-5,7,11,20H,2-3,6,8H2,1H3,(H2,16,17).